The van der Waals surface area contributed by atoms with E-state index < -0.39 is 18.4 Å². The first-order valence-corrected chi connectivity index (χ1v) is 7.54. The fourth-order valence-electron chi connectivity index (χ4n) is 2.05. The summed E-state index contributed by atoms with van der Waals surface area (Å²) in [5.74, 6) is -0.349. The van der Waals surface area contributed by atoms with Crippen molar-refractivity contribution in [2.75, 3.05) is 6.54 Å². The zero-order valence-corrected chi connectivity index (χ0v) is 13.5. The molecule has 0 aliphatic rings. The van der Waals surface area contributed by atoms with Gasteiger partial charge in [0, 0.05) is 13.1 Å². The fourth-order valence-corrected chi connectivity index (χ4v) is 2.05. The van der Waals surface area contributed by atoms with Crippen LogP contribution in [0.15, 0.2) is 6.20 Å². The van der Waals surface area contributed by atoms with E-state index in [2.05, 4.69) is 10.4 Å². The largest absolute Gasteiger partial charge is 0.393 e. The van der Waals surface area contributed by atoms with Crippen LogP contribution in [0.5, 0.6) is 0 Å². The molecule has 126 valence electrons. The molecule has 0 aromatic carbocycles. The molecular weight excluding hydrogens is 292 g/mol. The Labute approximate surface area is 129 Å². The van der Waals surface area contributed by atoms with Crippen LogP contribution in [0.25, 0.3) is 0 Å². The molecule has 1 amide bonds. The molecule has 0 aliphatic heterocycles. The van der Waals surface area contributed by atoms with Crippen molar-refractivity contribution in [2.45, 2.75) is 53.2 Å². The molecule has 0 spiro atoms. The number of aliphatic hydroxyl groups excluding tert-OH is 1. The van der Waals surface area contributed by atoms with Gasteiger partial charge in [0.05, 0.1) is 17.9 Å². The number of hydrogen-bond acceptors (Lipinski definition) is 3. The number of carbonyl (C=O) groups is 1. The molecule has 5 nitrogen and oxygen atoms in total. The molecular formula is C15H25F2N3O2. The third kappa shape index (κ3) is 5.05. The SMILES string of the molecule is CC(C)Cn1ncc(C(=O)NCCC(O)C(C)C)c1C(F)F. The average molecular weight is 317 g/mol. The van der Waals surface area contributed by atoms with Gasteiger partial charge in [-0.15, -0.1) is 0 Å². The third-order valence-corrected chi connectivity index (χ3v) is 3.36. The first kappa shape index (κ1) is 18.5. The maximum absolute atomic E-state index is 13.2. The van der Waals surface area contributed by atoms with E-state index >= 15 is 0 Å². The minimum Gasteiger partial charge on any atom is -0.393 e. The highest BCUT2D eigenvalue weighted by Crippen LogP contribution is 2.23. The van der Waals surface area contributed by atoms with Crippen molar-refractivity contribution in [1.82, 2.24) is 15.1 Å². The van der Waals surface area contributed by atoms with E-state index in [4.69, 9.17) is 0 Å². The molecule has 7 heteroatoms. The summed E-state index contributed by atoms with van der Waals surface area (Å²) in [6.07, 6.45) is -1.73. The molecule has 0 radical (unpaired) electrons. The molecule has 1 heterocycles. The van der Waals surface area contributed by atoms with E-state index in [1.165, 1.54) is 10.9 Å². The van der Waals surface area contributed by atoms with Gasteiger partial charge in [-0.2, -0.15) is 5.10 Å². The van der Waals surface area contributed by atoms with Crippen LogP contribution in [-0.4, -0.2) is 33.4 Å². The summed E-state index contributed by atoms with van der Waals surface area (Å²) >= 11 is 0. The van der Waals surface area contributed by atoms with Crippen LogP contribution in [0.4, 0.5) is 8.78 Å². The van der Waals surface area contributed by atoms with Gasteiger partial charge in [0.2, 0.25) is 0 Å². The van der Waals surface area contributed by atoms with Crippen LogP contribution < -0.4 is 5.32 Å². The lowest BCUT2D eigenvalue weighted by Crippen LogP contribution is -2.29. The summed E-state index contributed by atoms with van der Waals surface area (Å²) in [4.78, 5) is 12.0. The van der Waals surface area contributed by atoms with Crippen molar-refractivity contribution in [3.63, 3.8) is 0 Å². The average Bonchev–Trinajstić information content (AvgIpc) is 2.81. The van der Waals surface area contributed by atoms with Gasteiger partial charge in [0.25, 0.3) is 12.3 Å². The molecule has 2 N–H and O–H groups in total. The highest BCUT2D eigenvalue weighted by Gasteiger charge is 2.24. The minimum absolute atomic E-state index is 0.0855. The maximum atomic E-state index is 13.2. The number of nitrogens with zero attached hydrogens (tertiary/aromatic N) is 2. The van der Waals surface area contributed by atoms with Gasteiger partial charge in [-0.25, -0.2) is 8.78 Å². The van der Waals surface area contributed by atoms with Crippen molar-refractivity contribution >= 4 is 5.91 Å². The predicted molar refractivity (Wildman–Crippen MR) is 79.8 cm³/mol. The predicted octanol–water partition coefficient (Wildman–Crippen LogP) is 2.61. The summed E-state index contributed by atoms with van der Waals surface area (Å²) in [5.41, 5.74) is -0.453. The number of halogens is 2. The number of alkyl halides is 2. The normalized spacial score (nSPS) is 13.2. The molecule has 22 heavy (non-hydrogen) atoms. The zero-order chi connectivity index (χ0) is 16.9. The Morgan fingerprint density at radius 1 is 1.36 bits per heavy atom. The molecule has 0 bridgehead atoms. The molecule has 1 rings (SSSR count). The second-order valence-electron chi connectivity index (χ2n) is 6.18. The highest BCUT2D eigenvalue weighted by molar-refractivity contribution is 5.95. The van der Waals surface area contributed by atoms with E-state index in [1.54, 1.807) is 0 Å². The van der Waals surface area contributed by atoms with Crippen molar-refractivity contribution in [2.24, 2.45) is 11.8 Å². The number of carbonyl (C=O) groups excluding carboxylic acids is 1. The van der Waals surface area contributed by atoms with E-state index in [0.717, 1.165) is 0 Å². The Morgan fingerprint density at radius 3 is 2.50 bits per heavy atom. The van der Waals surface area contributed by atoms with Gasteiger partial charge < -0.3 is 10.4 Å². The topological polar surface area (TPSA) is 67.2 Å². The molecule has 1 aromatic heterocycles. The van der Waals surface area contributed by atoms with Crippen molar-refractivity contribution in [1.29, 1.82) is 0 Å². The summed E-state index contributed by atoms with van der Waals surface area (Å²) < 4.78 is 27.6. The maximum Gasteiger partial charge on any atom is 0.280 e. The number of hydrogen-bond donors (Lipinski definition) is 2. The van der Waals surface area contributed by atoms with Crippen molar-refractivity contribution < 1.29 is 18.7 Å². The standard InChI is InChI=1S/C15H25F2N3O2/c1-9(2)8-20-13(14(16)17)11(7-19-20)15(22)18-6-5-12(21)10(3)4/h7,9-10,12,14,21H,5-6,8H2,1-4H3,(H,18,22). The van der Waals surface area contributed by atoms with Crippen LogP contribution in [0.2, 0.25) is 0 Å². The minimum atomic E-state index is -2.76. The highest BCUT2D eigenvalue weighted by atomic mass is 19.3. The summed E-state index contributed by atoms with van der Waals surface area (Å²) in [6.45, 7) is 8.10. The van der Waals surface area contributed by atoms with Gasteiger partial charge >= 0.3 is 0 Å². The number of aliphatic hydroxyl groups is 1. The first-order chi connectivity index (χ1) is 10.2. The van der Waals surface area contributed by atoms with Gasteiger partial charge in [-0.3, -0.25) is 9.48 Å². The molecule has 1 aromatic rings. The van der Waals surface area contributed by atoms with Crippen LogP contribution in [-0.2, 0) is 6.54 Å². The Balaban J connectivity index is 2.74. The van der Waals surface area contributed by atoms with Crippen LogP contribution >= 0.6 is 0 Å². The number of rotatable bonds is 8. The molecule has 1 unspecified atom stereocenters. The monoisotopic (exact) mass is 317 g/mol. The van der Waals surface area contributed by atoms with E-state index in [9.17, 15) is 18.7 Å². The Bertz CT molecular complexity index is 487. The van der Waals surface area contributed by atoms with E-state index in [-0.39, 0.29) is 29.6 Å². The lowest BCUT2D eigenvalue weighted by molar-refractivity contribution is 0.0904. The first-order valence-electron chi connectivity index (χ1n) is 7.54. The molecule has 0 aliphatic carbocycles. The van der Waals surface area contributed by atoms with Gasteiger partial charge in [0.1, 0.15) is 5.69 Å². The van der Waals surface area contributed by atoms with Crippen molar-refractivity contribution in [3.8, 4) is 0 Å². The summed E-state index contributed by atoms with van der Waals surface area (Å²) in [5, 5.41) is 16.1. The third-order valence-electron chi connectivity index (χ3n) is 3.36. The smallest absolute Gasteiger partial charge is 0.280 e. The summed E-state index contributed by atoms with van der Waals surface area (Å²) in [6, 6.07) is 0. The zero-order valence-electron chi connectivity index (χ0n) is 13.5. The Kier molecular flexibility index (Phi) is 6.93. The second kappa shape index (κ2) is 8.22. The van der Waals surface area contributed by atoms with E-state index in [0.29, 0.717) is 13.0 Å². The lowest BCUT2D eigenvalue weighted by atomic mass is 10.0. The Morgan fingerprint density at radius 2 is 2.00 bits per heavy atom. The molecule has 0 saturated heterocycles. The quantitative estimate of drug-likeness (QED) is 0.774. The van der Waals surface area contributed by atoms with Crippen LogP contribution in [0.1, 0.15) is 56.6 Å². The van der Waals surface area contributed by atoms with Gasteiger partial charge in [-0.05, 0) is 18.3 Å². The van der Waals surface area contributed by atoms with E-state index in [1.807, 2.05) is 27.7 Å². The van der Waals surface area contributed by atoms with Crippen LogP contribution in [0.3, 0.4) is 0 Å². The van der Waals surface area contributed by atoms with Crippen LogP contribution in [0, 0.1) is 11.8 Å². The molecule has 1 atom stereocenters. The number of aromatic nitrogens is 2. The number of amides is 1. The van der Waals surface area contributed by atoms with Crippen molar-refractivity contribution in [3.05, 3.63) is 17.5 Å². The molecule has 0 fully saturated rings. The lowest BCUT2D eigenvalue weighted by Gasteiger charge is -2.14. The van der Waals surface area contributed by atoms with Gasteiger partial charge in [0.15, 0.2) is 0 Å². The number of nitrogens with one attached hydrogen (secondary N) is 1. The molecule has 0 saturated carbocycles. The second-order valence-corrected chi connectivity index (χ2v) is 6.18. The summed E-state index contributed by atoms with van der Waals surface area (Å²) in [7, 11) is 0. The Hall–Kier alpha value is -1.50. The van der Waals surface area contributed by atoms with Gasteiger partial charge in [-0.1, -0.05) is 27.7 Å². The fraction of sp³-hybridized carbons (Fsp3) is 0.733.